The van der Waals surface area contributed by atoms with Crippen LogP contribution in [0.3, 0.4) is 0 Å². The van der Waals surface area contributed by atoms with Crippen LogP contribution in [0.5, 0.6) is 0 Å². The van der Waals surface area contributed by atoms with E-state index in [1.165, 1.54) is 32.1 Å². The van der Waals surface area contributed by atoms with Crippen molar-refractivity contribution in [2.24, 2.45) is 5.92 Å². The minimum absolute atomic E-state index is 0.747. The zero-order valence-electron chi connectivity index (χ0n) is 5.61. The fraction of sp³-hybridized carbons (Fsp3) is 1.00. The van der Waals surface area contributed by atoms with Crippen LogP contribution in [0.1, 0.15) is 32.1 Å². The number of halogens is 1. The van der Waals surface area contributed by atoms with Crippen molar-refractivity contribution in [1.82, 2.24) is 0 Å². The Morgan fingerprint density at radius 1 is 1.22 bits per heavy atom. The predicted molar refractivity (Wildman–Crippen MR) is 38.4 cm³/mol. The molecule has 0 radical (unpaired) electrons. The third-order valence-corrected chi connectivity index (χ3v) is 2.15. The van der Waals surface area contributed by atoms with Crippen molar-refractivity contribution < 1.29 is 4.29 Å². The molecule has 0 unspecified atom stereocenters. The molecule has 54 valence electrons. The summed E-state index contributed by atoms with van der Waals surface area (Å²) in [6.07, 6.45) is 6.76. The fourth-order valence-corrected chi connectivity index (χ4v) is 1.62. The largest absolute Gasteiger partial charge is 0.279 e. The summed E-state index contributed by atoms with van der Waals surface area (Å²) < 4.78 is 4.55. The van der Waals surface area contributed by atoms with E-state index in [2.05, 4.69) is 4.29 Å². The lowest BCUT2D eigenvalue weighted by molar-refractivity contribution is 0.224. The molecule has 0 N–H and O–H groups in total. The summed E-state index contributed by atoms with van der Waals surface area (Å²) in [5.41, 5.74) is 0. The van der Waals surface area contributed by atoms with Gasteiger partial charge in [-0.2, -0.15) is 0 Å². The second-order valence-corrected chi connectivity index (χ2v) is 3.00. The van der Waals surface area contributed by atoms with Crippen LogP contribution in [-0.2, 0) is 4.29 Å². The Hall–Kier alpha value is 0.250. The van der Waals surface area contributed by atoms with E-state index in [0.717, 1.165) is 12.5 Å². The average Bonchev–Trinajstić information content (AvgIpc) is 1.91. The molecule has 0 atom stereocenters. The van der Waals surface area contributed by atoms with Crippen molar-refractivity contribution in [1.29, 1.82) is 0 Å². The predicted octanol–water partition coefficient (Wildman–Crippen LogP) is 2.74. The maximum Gasteiger partial charge on any atom is 0.0710 e. The highest BCUT2D eigenvalue weighted by atomic mass is 35.5. The number of hydrogen-bond acceptors (Lipinski definition) is 1. The molecule has 0 saturated heterocycles. The molecule has 1 saturated carbocycles. The van der Waals surface area contributed by atoms with E-state index in [1.807, 2.05) is 0 Å². The van der Waals surface area contributed by atoms with Crippen LogP contribution in [0.2, 0.25) is 0 Å². The van der Waals surface area contributed by atoms with Crippen LogP contribution in [-0.4, -0.2) is 6.61 Å². The van der Waals surface area contributed by atoms with Crippen LogP contribution in [0, 0.1) is 5.92 Å². The molecule has 9 heavy (non-hydrogen) atoms. The maximum atomic E-state index is 5.13. The van der Waals surface area contributed by atoms with Gasteiger partial charge in [-0.15, -0.1) is 0 Å². The monoisotopic (exact) mass is 148 g/mol. The summed E-state index contributed by atoms with van der Waals surface area (Å²) in [7, 11) is 0. The van der Waals surface area contributed by atoms with Gasteiger partial charge in [0.2, 0.25) is 0 Å². The van der Waals surface area contributed by atoms with E-state index in [-0.39, 0.29) is 0 Å². The van der Waals surface area contributed by atoms with Crippen LogP contribution >= 0.6 is 11.9 Å². The Morgan fingerprint density at radius 2 is 1.89 bits per heavy atom. The van der Waals surface area contributed by atoms with Crippen LogP contribution in [0.15, 0.2) is 0 Å². The van der Waals surface area contributed by atoms with Gasteiger partial charge in [0.05, 0.1) is 18.5 Å². The van der Waals surface area contributed by atoms with Gasteiger partial charge in [-0.1, -0.05) is 19.3 Å². The molecule has 1 nitrogen and oxygen atoms in total. The minimum atomic E-state index is 0.747. The highest BCUT2D eigenvalue weighted by Crippen LogP contribution is 2.23. The molecule has 1 rings (SSSR count). The Bertz CT molecular complexity index is 66.6. The van der Waals surface area contributed by atoms with Crippen molar-refractivity contribution in [2.75, 3.05) is 6.61 Å². The van der Waals surface area contributed by atoms with E-state index in [4.69, 9.17) is 11.9 Å². The second-order valence-electron chi connectivity index (χ2n) is 2.78. The lowest BCUT2D eigenvalue weighted by Crippen LogP contribution is -2.10. The summed E-state index contributed by atoms with van der Waals surface area (Å²) in [4.78, 5) is 0. The standard InChI is InChI=1S/C7H13ClO/c8-9-6-7-4-2-1-3-5-7/h7H,1-6H2. The molecule has 0 aromatic rings. The Kier molecular flexibility index (Phi) is 3.37. The van der Waals surface area contributed by atoms with Gasteiger partial charge in [0, 0.05) is 0 Å². The van der Waals surface area contributed by atoms with Gasteiger partial charge < -0.3 is 0 Å². The van der Waals surface area contributed by atoms with Gasteiger partial charge in [0.15, 0.2) is 0 Å². The summed E-state index contributed by atoms with van der Waals surface area (Å²) in [6.45, 7) is 0.752. The highest BCUT2D eigenvalue weighted by Gasteiger charge is 2.12. The topological polar surface area (TPSA) is 9.23 Å². The summed E-state index contributed by atoms with van der Waals surface area (Å²) >= 11 is 5.13. The molecule has 0 aliphatic heterocycles. The van der Waals surface area contributed by atoms with Gasteiger partial charge in [-0.05, 0) is 18.8 Å². The van der Waals surface area contributed by atoms with Crippen molar-refractivity contribution in [3.8, 4) is 0 Å². The average molecular weight is 149 g/mol. The fourth-order valence-electron chi connectivity index (χ4n) is 1.44. The third-order valence-electron chi connectivity index (χ3n) is 2.02. The molecule has 0 aromatic carbocycles. The van der Waals surface area contributed by atoms with Crippen LogP contribution < -0.4 is 0 Å². The van der Waals surface area contributed by atoms with Crippen molar-refractivity contribution in [3.63, 3.8) is 0 Å². The van der Waals surface area contributed by atoms with E-state index in [9.17, 15) is 0 Å². The molecule has 1 aliphatic carbocycles. The van der Waals surface area contributed by atoms with Gasteiger partial charge in [-0.3, -0.25) is 4.29 Å². The van der Waals surface area contributed by atoms with E-state index in [0.29, 0.717) is 0 Å². The van der Waals surface area contributed by atoms with Gasteiger partial charge in [0.25, 0.3) is 0 Å². The maximum absolute atomic E-state index is 5.13. The summed E-state index contributed by atoms with van der Waals surface area (Å²) in [5.74, 6) is 0.747. The lowest BCUT2D eigenvalue weighted by atomic mass is 9.90. The first-order chi connectivity index (χ1) is 4.43. The smallest absolute Gasteiger partial charge is 0.0710 e. The van der Waals surface area contributed by atoms with Crippen molar-refractivity contribution in [3.05, 3.63) is 0 Å². The van der Waals surface area contributed by atoms with E-state index >= 15 is 0 Å². The summed E-state index contributed by atoms with van der Waals surface area (Å²) in [6, 6.07) is 0. The lowest BCUT2D eigenvalue weighted by Gasteiger charge is -2.19. The second kappa shape index (κ2) is 4.13. The quantitative estimate of drug-likeness (QED) is 0.585. The van der Waals surface area contributed by atoms with Crippen LogP contribution in [0.25, 0.3) is 0 Å². The normalized spacial score (nSPS) is 22.3. The van der Waals surface area contributed by atoms with Gasteiger partial charge in [0.1, 0.15) is 0 Å². The SMILES string of the molecule is ClOCC1CCCCC1. The number of hydrogen-bond donors (Lipinski definition) is 0. The molecule has 0 heterocycles. The molecule has 1 aliphatic rings. The first kappa shape index (κ1) is 7.36. The van der Waals surface area contributed by atoms with E-state index < -0.39 is 0 Å². The molecule has 0 aromatic heterocycles. The third kappa shape index (κ3) is 2.55. The Balaban J connectivity index is 2.08. The van der Waals surface area contributed by atoms with Gasteiger partial charge in [-0.25, -0.2) is 0 Å². The van der Waals surface area contributed by atoms with Crippen molar-refractivity contribution >= 4 is 11.9 Å². The van der Waals surface area contributed by atoms with E-state index in [1.54, 1.807) is 0 Å². The Labute approximate surface area is 61.5 Å². The highest BCUT2D eigenvalue weighted by molar-refractivity contribution is 6.07. The van der Waals surface area contributed by atoms with Crippen molar-refractivity contribution in [2.45, 2.75) is 32.1 Å². The molecule has 0 spiro atoms. The zero-order valence-corrected chi connectivity index (χ0v) is 6.36. The first-order valence-corrected chi connectivity index (χ1v) is 3.98. The number of rotatable bonds is 2. The zero-order chi connectivity index (χ0) is 6.53. The first-order valence-electron chi connectivity index (χ1n) is 3.67. The molecule has 0 amide bonds. The minimum Gasteiger partial charge on any atom is -0.279 e. The van der Waals surface area contributed by atoms with Gasteiger partial charge >= 0.3 is 0 Å². The molecular weight excluding hydrogens is 136 g/mol. The molecule has 1 fully saturated rings. The molecular formula is C7H13ClO. The molecule has 0 bridgehead atoms. The summed E-state index contributed by atoms with van der Waals surface area (Å²) in [5, 5.41) is 0. The van der Waals surface area contributed by atoms with Crippen LogP contribution in [0.4, 0.5) is 0 Å². The Morgan fingerprint density at radius 3 is 2.44 bits per heavy atom. The molecule has 2 heteroatoms.